The van der Waals surface area contributed by atoms with Crippen LogP contribution in [0.3, 0.4) is 0 Å². The largest absolute Gasteiger partial charge is 0.0614 e. The van der Waals surface area contributed by atoms with Crippen LogP contribution in [0.2, 0.25) is 0 Å². The lowest BCUT2D eigenvalue weighted by atomic mass is 9.92. The molecule has 0 amide bonds. The maximum Gasteiger partial charge on any atom is 0.0207 e. The summed E-state index contributed by atoms with van der Waals surface area (Å²) in [5.74, 6) is 0. The fraction of sp³-hybridized carbons (Fsp3) is 0.250. The molecule has 0 N–H and O–H groups in total. The molecule has 0 radical (unpaired) electrons. The van der Waals surface area contributed by atoms with Crippen LogP contribution in [-0.2, 0) is 0 Å². The highest BCUT2D eigenvalue weighted by molar-refractivity contribution is 9.10. The predicted molar refractivity (Wildman–Crippen MR) is 78.5 cm³/mol. The average Bonchev–Trinajstić information content (AvgIpc) is 2.31. The fourth-order valence-corrected chi connectivity index (χ4v) is 2.55. The molecule has 88 valence electrons. The molecule has 0 unspecified atom stereocenters. The van der Waals surface area contributed by atoms with Gasteiger partial charge < -0.3 is 0 Å². The van der Waals surface area contributed by atoms with Crippen molar-refractivity contribution >= 4 is 15.9 Å². The summed E-state index contributed by atoms with van der Waals surface area (Å²) in [6, 6.07) is 10.8. The molecule has 2 rings (SSSR count). The second-order valence-corrected chi connectivity index (χ2v) is 5.45. The molecule has 0 fully saturated rings. The standard InChI is InChI=1S/C16H17Br/c1-10-6-5-7-14(11(10)2)15-8-9-16(17)13(4)12(15)3/h5-9H,1-4H3. The van der Waals surface area contributed by atoms with Crippen molar-refractivity contribution in [1.29, 1.82) is 0 Å². The fourth-order valence-electron chi connectivity index (χ4n) is 2.12. The summed E-state index contributed by atoms with van der Waals surface area (Å²) in [5, 5.41) is 0. The smallest absolute Gasteiger partial charge is 0.0207 e. The van der Waals surface area contributed by atoms with E-state index in [-0.39, 0.29) is 0 Å². The van der Waals surface area contributed by atoms with Crippen molar-refractivity contribution in [2.24, 2.45) is 0 Å². The van der Waals surface area contributed by atoms with E-state index in [1.165, 1.54) is 37.9 Å². The minimum absolute atomic E-state index is 1.18. The lowest BCUT2D eigenvalue weighted by Gasteiger charge is -2.14. The molecule has 0 saturated heterocycles. The van der Waals surface area contributed by atoms with E-state index >= 15 is 0 Å². The number of hydrogen-bond acceptors (Lipinski definition) is 0. The van der Waals surface area contributed by atoms with Gasteiger partial charge in [0.1, 0.15) is 0 Å². The van der Waals surface area contributed by atoms with Gasteiger partial charge >= 0.3 is 0 Å². The van der Waals surface area contributed by atoms with Gasteiger partial charge in [0.05, 0.1) is 0 Å². The zero-order chi connectivity index (χ0) is 12.6. The number of halogens is 1. The van der Waals surface area contributed by atoms with Crippen LogP contribution in [0.4, 0.5) is 0 Å². The van der Waals surface area contributed by atoms with Crippen LogP contribution in [0.5, 0.6) is 0 Å². The Bertz CT molecular complexity index is 568. The molecule has 0 saturated carbocycles. The minimum atomic E-state index is 1.18. The number of benzene rings is 2. The molecule has 0 heterocycles. The lowest BCUT2D eigenvalue weighted by Crippen LogP contribution is -1.92. The van der Waals surface area contributed by atoms with Gasteiger partial charge in [0, 0.05) is 4.47 Å². The van der Waals surface area contributed by atoms with E-state index < -0.39 is 0 Å². The lowest BCUT2D eigenvalue weighted by molar-refractivity contribution is 1.29. The average molecular weight is 289 g/mol. The third-order valence-electron chi connectivity index (χ3n) is 3.62. The van der Waals surface area contributed by atoms with E-state index in [9.17, 15) is 0 Å². The van der Waals surface area contributed by atoms with Crippen molar-refractivity contribution in [2.75, 3.05) is 0 Å². The summed E-state index contributed by atoms with van der Waals surface area (Å²) in [4.78, 5) is 0. The van der Waals surface area contributed by atoms with Crippen LogP contribution >= 0.6 is 15.9 Å². The molecule has 0 aliphatic heterocycles. The van der Waals surface area contributed by atoms with Crippen molar-refractivity contribution in [2.45, 2.75) is 27.7 Å². The van der Waals surface area contributed by atoms with Crippen LogP contribution < -0.4 is 0 Å². The highest BCUT2D eigenvalue weighted by Crippen LogP contribution is 2.32. The molecular weight excluding hydrogens is 272 g/mol. The second-order valence-electron chi connectivity index (χ2n) is 4.59. The minimum Gasteiger partial charge on any atom is -0.0614 e. The summed E-state index contributed by atoms with van der Waals surface area (Å²) in [6.07, 6.45) is 0. The van der Waals surface area contributed by atoms with E-state index in [0.717, 1.165) is 0 Å². The Balaban J connectivity index is 2.69. The molecule has 0 aliphatic rings. The third kappa shape index (κ3) is 2.16. The van der Waals surface area contributed by atoms with Gasteiger partial charge in [0.25, 0.3) is 0 Å². The highest BCUT2D eigenvalue weighted by atomic mass is 79.9. The van der Waals surface area contributed by atoms with E-state index in [1.807, 2.05) is 0 Å². The van der Waals surface area contributed by atoms with Gasteiger partial charge in [-0.05, 0) is 67.1 Å². The van der Waals surface area contributed by atoms with Crippen molar-refractivity contribution < 1.29 is 0 Å². The molecule has 2 aromatic carbocycles. The van der Waals surface area contributed by atoms with Gasteiger partial charge in [0.15, 0.2) is 0 Å². The molecule has 17 heavy (non-hydrogen) atoms. The Kier molecular flexibility index (Phi) is 3.39. The molecule has 0 nitrogen and oxygen atoms in total. The first-order valence-corrected chi connectivity index (χ1v) is 6.64. The quantitative estimate of drug-likeness (QED) is 0.664. The van der Waals surface area contributed by atoms with Crippen LogP contribution in [0, 0.1) is 27.7 Å². The molecule has 0 spiro atoms. The summed E-state index contributed by atoms with van der Waals surface area (Å²) in [5.41, 5.74) is 8.08. The number of aryl methyl sites for hydroxylation is 1. The van der Waals surface area contributed by atoms with Crippen molar-refractivity contribution in [3.05, 3.63) is 57.1 Å². The molecule has 2 aromatic rings. The summed E-state index contributed by atoms with van der Waals surface area (Å²) in [6.45, 7) is 8.71. The Morgan fingerprint density at radius 1 is 0.706 bits per heavy atom. The van der Waals surface area contributed by atoms with Crippen molar-refractivity contribution in [1.82, 2.24) is 0 Å². The molecule has 1 heteroatoms. The van der Waals surface area contributed by atoms with Crippen LogP contribution in [0.15, 0.2) is 34.8 Å². The first kappa shape index (κ1) is 12.4. The molecular formula is C16H17Br. The van der Waals surface area contributed by atoms with Crippen LogP contribution in [0.25, 0.3) is 11.1 Å². The van der Waals surface area contributed by atoms with Gasteiger partial charge in [-0.1, -0.05) is 40.2 Å². The SMILES string of the molecule is Cc1cccc(-c2ccc(Br)c(C)c2C)c1C. The van der Waals surface area contributed by atoms with Gasteiger partial charge in [-0.2, -0.15) is 0 Å². The Morgan fingerprint density at radius 2 is 1.35 bits per heavy atom. The predicted octanol–water partition coefficient (Wildman–Crippen LogP) is 5.35. The maximum atomic E-state index is 3.59. The maximum absolute atomic E-state index is 3.59. The number of rotatable bonds is 1. The van der Waals surface area contributed by atoms with E-state index in [0.29, 0.717) is 0 Å². The van der Waals surface area contributed by atoms with E-state index in [2.05, 4.69) is 74.0 Å². The normalized spacial score (nSPS) is 10.6. The van der Waals surface area contributed by atoms with Crippen molar-refractivity contribution in [3.8, 4) is 11.1 Å². The summed E-state index contributed by atoms with van der Waals surface area (Å²) >= 11 is 3.59. The molecule has 0 bridgehead atoms. The number of hydrogen-bond donors (Lipinski definition) is 0. The van der Waals surface area contributed by atoms with Crippen LogP contribution in [0.1, 0.15) is 22.3 Å². The Labute approximate surface area is 112 Å². The third-order valence-corrected chi connectivity index (χ3v) is 4.47. The first-order chi connectivity index (χ1) is 8.02. The highest BCUT2D eigenvalue weighted by Gasteiger charge is 2.09. The summed E-state index contributed by atoms with van der Waals surface area (Å²) < 4.78 is 1.18. The Morgan fingerprint density at radius 3 is 2.06 bits per heavy atom. The van der Waals surface area contributed by atoms with Gasteiger partial charge in [-0.25, -0.2) is 0 Å². The molecule has 0 aromatic heterocycles. The summed E-state index contributed by atoms with van der Waals surface area (Å²) in [7, 11) is 0. The molecule has 0 atom stereocenters. The molecule has 0 aliphatic carbocycles. The van der Waals surface area contributed by atoms with Crippen molar-refractivity contribution in [3.63, 3.8) is 0 Å². The van der Waals surface area contributed by atoms with Gasteiger partial charge in [0.2, 0.25) is 0 Å². The van der Waals surface area contributed by atoms with E-state index in [1.54, 1.807) is 0 Å². The topological polar surface area (TPSA) is 0 Å². The van der Waals surface area contributed by atoms with Gasteiger partial charge in [-0.15, -0.1) is 0 Å². The Hall–Kier alpha value is -1.08. The van der Waals surface area contributed by atoms with E-state index in [4.69, 9.17) is 0 Å². The zero-order valence-corrected chi connectivity index (χ0v) is 12.4. The van der Waals surface area contributed by atoms with Crippen LogP contribution in [-0.4, -0.2) is 0 Å². The zero-order valence-electron chi connectivity index (χ0n) is 10.8. The second kappa shape index (κ2) is 4.66. The monoisotopic (exact) mass is 288 g/mol. The van der Waals surface area contributed by atoms with Gasteiger partial charge in [-0.3, -0.25) is 0 Å². The first-order valence-electron chi connectivity index (χ1n) is 5.84.